The molecular formula is C14H15NO2. The Kier molecular flexibility index (Phi) is 3.14. The lowest BCUT2D eigenvalue weighted by Crippen LogP contribution is -2.44. The zero-order valence-electron chi connectivity index (χ0n) is 9.60. The molecule has 0 bridgehead atoms. The highest BCUT2D eigenvalue weighted by atomic mass is 16.4. The van der Waals surface area contributed by atoms with Gasteiger partial charge in [0.25, 0.3) is 0 Å². The maximum Gasteiger partial charge on any atom is 0.315 e. The first kappa shape index (κ1) is 11.7. The van der Waals surface area contributed by atoms with Crippen molar-refractivity contribution in [1.29, 1.82) is 5.26 Å². The molecule has 1 fully saturated rings. The van der Waals surface area contributed by atoms with Crippen LogP contribution < -0.4 is 0 Å². The molecule has 17 heavy (non-hydrogen) atoms. The van der Waals surface area contributed by atoms with Gasteiger partial charge in [-0.1, -0.05) is 43.2 Å². The quantitative estimate of drug-likeness (QED) is 0.848. The van der Waals surface area contributed by atoms with Crippen molar-refractivity contribution in [3.8, 4) is 6.07 Å². The van der Waals surface area contributed by atoms with Crippen molar-refractivity contribution < 1.29 is 9.90 Å². The molecule has 0 saturated heterocycles. The summed E-state index contributed by atoms with van der Waals surface area (Å²) in [4.78, 5) is 11.7. The number of carboxylic acids is 1. The molecule has 0 aliphatic heterocycles. The average molecular weight is 229 g/mol. The van der Waals surface area contributed by atoms with Crippen molar-refractivity contribution in [3.63, 3.8) is 0 Å². The van der Waals surface area contributed by atoms with E-state index in [2.05, 4.69) is 6.07 Å². The van der Waals surface area contributed by atoms with Gasteiger partial charge in [0, 0.05) is 0 Å². The van der Waals surface area contributed by atoms with Crippen molar-refractivity contribution >= 4 is 5.97 Å². The average Bonchev–Trinajstić information content (AvgIpc) is 2.39. The third-order valence-corrected chi connectivity index (χ3v) is 3.74. The smallest absolute Gasteiger partial charge is 0.315 e. The monoisotopic (exact) mass is 229 g/mol. The molecule has 1 aromatic carbocycles. The fraction of sp³-hybridized carbons (Fsp3) is 0.429. The second-order valence-electron chi connectivity index (χ2n) is 4.57. The van der Waals surface area contributed by atoms with Crippen LogP contribution in [0.2, 0.25) is 0 Å². The van der Waals surface area contributed by atoms with Gasteiger partial charge in [0.1, 0.15) is 5.41 Å². The summed E-state index contributed by atoms with van der Waals surface area (Å²) in [6.07, 6.45) is 3.06. The van der Waals surface area contributed by atoms with Crippen LogP contribution in [0.1, 0.15) is 31.2 Å². The van der Waals surface area contributed by atoms with Crippen LogP contribution in [0.15, 0.2) is 30.3 Å². The van der Waals surface area contributed by atoms with Gasteiger partial charge in [-0.05, 0) is 18.4 Å². The third-order valence-electron chi connectivity index (χ3n) is 3.74. The third kappa shape index (κ3) is 1.80. The van der Waals surface area contributed by atoms with Crippen LogP contribution in [0.4, 0.5) is 0 Å². The van der Waals surface area contributed by atoms with Crippen molar-refractivity contribution in [1.82, 2.24) is 0 Å². The molecule has 3 nitrogen and oxygen atoms in total. The van der Waals surface area contributed by atoms with E-state index in [1.54, 1.807) is 0 Å². The lowest BCUT2D eigenvalue weighted by Gasteiger charge is -2.37. The van der Waals surface area contributed by atoms with E-state index in [1.165, 1.54) is 0 Å². The summed E-state index contributed by atoms with van der Waals surface area (Å²) in [6, 6.07) is 11.4. The van der Waals surface area contributed by atoms with Crippen molar-refractivity contribution in [2.24, 2.45) is 5.92 Å². The normalized spacial score (nSPS) is 28.3. The summed E-state index contributed by atoms with van der Waals surface area (Å²) < 4.78 is 0. The van der Waals surface area contributed by atoms with Crippen LogP contribution in [-0.2, 0) is 10.2 Å². The highest BCUT2D eigenvalue weighted by Gasteiger charge is 2.48. The SMILES string of the molecule is N#CC1CCCCC1(C(=O)O)c1ccccc1. The standard InChI is InChI=1S/C14H15NO2/c15-10-12-8-4-5-9-14(12,13(16)17)11-6-2-1-3-7-11/h1-3,6-7,12H,4-5,8-9H2,(H,16,17). The number of carbonyl (C=O) groups is 1. The molecule has 3 heteroatoms. The molecule has 2 rings (SSSR count). The van der Waals surface area contributed by atoms with E-state index in [9.17, 15) is 15.2 Å². The molecule has 1 aliphatic carbocycles. The Hall–Kier alpha value is -1.82. The number of hydrogen-bond donors (Lipinski definition) is 1. The van der Waals surface area contributed by atoms with Crippen LogP contribution in [0.5, 0.6) is 0 Å². The topological polar surface area (TPSA) is 61.1 Å². The molecule has 88 valence electrons. The fourth-order valence-corrected chi connectivity index (χ4v) is 2.81. The van der Waals surface area contributed by atoms with Crippen LogP contribution in [-0.4, -0.2) is 11.1 Å². The predicted octanol–water partition coefficient (Wildman–Crippen LogP) is 2.72. The Balaban J connectivity index is 2.52. The first-order chi connectivity index (χ1) is 8.21. The molecule has 0 amide bonds. The van der Waals surface area contributed by atoms with E-state index in [-0.39, 0.29) is 0 Å². The molecule has 1 aromatic rings. The summed E-state index contributed by atoms with van der Waals surface area (Å²) in [7, 11) is 0. The zero-order chi connectivity index (χ0) is 12.3. The molecule has 0 spiro atoms. The number of rotatable bonds is 2. The van der Waals surface area contributed by atoms with E-state index >= 15 is 0 Å². The van der Waals surface area contributed by atoms with Gasteiger partial charge >= 0.3 is 5.97 Å². The van der Waals surface area contributed by atoms with Gasteiger partial charge in [-0.2, -0.15) is 5.26 Å². The maximum absolute atomic E-state index is 11.7. The number of aliphatic carboxylic acids is 1. The molecule has 0 radical (unpaired) electrons. The number of nitrogens with zero attached hydrogens (tertiary/aromatic N) is 1. The predicted molar refractivity (Wildman–Crippen MR) is 63.3 cm³/mol. The number of carboxylic acid groups (broad SMARTS) is 1. The van der Waals surface area contributed by atoms with Gasteiger partial charge in [-0.3, -0.25) is 4.79 Å². The second-order valence-corrected chi connectivity index (χ2v) is 4.57. The van der Waals surface area contributed by atoms with Gasteiger partial charge in [-0.25, -0.2) is 0 Å². The maximum atomic E-state index is 11.7. The van der Waals surface area contributed by atoms with Crippen LogP contribution in [0.25, 0.3) is 0 Å². The highest BCUT2D eigenvalue weighted by Crippen LogP contribution is 2.43. The molecule has 0 aromatic heterocycles. The summed E-state index contributed by atoms with van der Waals surface area (Å²) >= 11 is 0. The fourth-order valence-electron chi connectivity index (χ4n) is 2.81. The molecule has 2 unspecified atom stereocenters. The lowest BCUT2D eigenvalue weighted by molar-refractivity contribution is -0.146. The van der Waals surface area contributed by atoms with E-state index in [1.807, 2.05) is 30.3 Å². The Morgan fingerprint density at radius 3 is 2.65 bits per heavy atom. The summed E-state index contributed by atoms with van der Waals surface area (Å²) in [5.41, 5.74) is -0.243. The first-order valence-corrected chi connectivity index (χ1v) is 5.90. The van der Waals surface area contributed by atoms with Crippen LogP contribution in [0.3, 0.4) is 0 Å². The van der Waals surface area contributed by atoms with E-state index in [0.29, 0.717) is 12.8 Å². The number of nitriles is 1. The van der Waals surface area contributed by atoms with Crippen LogP contribution >= 0.6 is 0 Å². The molecule has 1 saturated carbocycles. The van der Waals surface area contributed by atoms with Crippen molar-refractivity contribution in [2.75, 3.05) is 0 Å². The van der Waals surface area contributed by atoms with Crippen LogP contribution in [0, 0.1) is 17.2 Å². The molecule has 1 N–H and O–H groups in total. The Labute approximate surface area is 101 Å². The van der Waals surface area contributed by atoms with Gasteiger partial charge in [0.15, 0.2) is 0 Å². The zero-order valence-corrected chi connectivity index (χ0v) is 9.60. The minimum absolute atomic E-state index is 0.420. The van der Waals surface area contributed by atoms with Gasteiger partial charge in [0.05, 0.1) is 12.0 Å². The Morgan fingerprint density at radius 1 is 1.35 bits per heavy atom. The van der Waals surface area contributed by atoms with E-state index < -0.39 is 17.3 Å². The molecule has 1 aliphatic rings. The number of hydrogen-bond acceptors (Lipinski definition) is 2. The first-order valence-electron chi connectivity index (χ1n) is 5.90. The van der Waals surface area contributed by atoms with Gasteiger partial charge in [-0.15, -0.1) is 0 Å². The molecule has 2 atom stereocenters. The molecule has 0 heterocycles. The second kappa shape index (κ2) is 4.58. The van der Waals surface area contributed by atoms with E-state index in [4.69, 9.17) is 0 Å². The minimum Gasteiger partial charge on any atom is -0.481 e. The highest BCUT2D eigenvalue weighted by molar-refractivity contribution is 5.82. The van der Waals surface area contributed by atoms with Crippen molar-refractivity contribution in [3.05, 3.63) is 35.9 Å². The van der Waals surface area contributed by atoms with Gasteiger partial charge < -0.3 is 5.11 Å². The number of benzene rings is 1. The largest absolute Gasteiger partial charge is 0.481 e. The summed E-state index contributed by atoms with van der Waals surface area (Å²) in [6.45, 7) is 0. The lowest BCUT2D eigenvalue weighted by atomic mass is 9.63. The summed E-state index contributed by atoms with van der Waals surface area (Å²) in [5.74, 6) is -1.29. The van der Waals surface area contributed by atoms with Crippen molar-refractivity contribution in [2.45, 2.75) is 31.1 Å². The van der Waals surface area contributed by atoms with E-state index in [0.717, 1.165) is 18.4 Å². The molecular weight excluding hydrogens is 214 g/mol. The van der Waals surface area contributed by atoms with Gasteiger partial charge in [0.2, 0.25) is 0 Å². The Bertz CT molecular complexity index is 449. The Morgan fingerprint density at radius 2 is 2.06 bits per heavy atom. The summed E-state index contributed by atoms with van der Waals surface area (Å²) in [5, 5.41) is 18.8. The minimum atomic E-state index is -1.01.